The van der Waals surface area contributed by atoms with Crippen LogP contribution in [0.5, 0.6) is 0 Å². The van der Waals surface area contributed by atoms with Gasteiger partial charge in [0.25, 0.3) is 5.56 Å². The molecule has 4 nitrogen and oxygen atoms in total. The normalized spacial score (nSPS) is 11.7. The highest BCUT2D eigenvalue weighted by molar-refractivity contribution is 5.48. The molecule has 0 bridgehead atoms. The van der Waals surface area contributed by atoms with Crippen LogP contribution in [0.2, 0.25) is 0 Å². The molecule has 0 N–H and O–H groups in total. The fourth-order valence-corrected chi connectivity index (χ4v) is 2.73. The van der Waals surface area contributed by atoms with Crippen molar-refractivity contribution in [3.8, 4) is 0 Å². The first-order valence-corrected chi connectivity index (χ1v) is 8.13. The van der Waals surface area contributed by atoms with Crippen molar-refractivity contribution in [1.29, 1.82) is 0 Å². The van der Waals surface area contributed by atoms with Crippen LogP contribution in [0, 0.1) is 0 Å². The van der Waals surface area contributed by atoms with Gasteiger partial charge in [-0.3, -0.25) is 9.20 Å². The Hall–Kier alpha value is -2.62. The summed E-state index contributed by atoms with van der Waals surface area (Å²) in [7, 11) is 2.01. The van der Waals surface area contributed by atoms with Gasteiger partial charge in [-0.2, -0.15) is 0 Å². The van der Waals surface area contributed by atoms with Gasteiger partial charge in [0.15, 0.2) is 0 Å². The van der Waals surface area contributed by atoms with Crippen LogP contribution in [0.15, 0.2) is 59.5 Å². The maximum absolute atomic E-state index is 12.2. The van der Waals surface area contributed by atoms with E-state index in [1.165, 1.54) is 5.56 Å². The second-order valence-corrected chi connectivity index (χ2v) is 7.17. The Bertz CT molecular complexity index is 905. The predicted molar refractivity (Wildman–Crippen MR) is 98.7 cm³/mol. The van der Waals surface area contributed by atoms with Crippen LogP contribution in [0.1, 0.15) is 32.0 Å². The third kappa shape index (κ3) is 3.32. The summed E-state index contributed by atoms with van der Waals surface area (Å²) >= 11 is 0. The van der Waals surface area contributed by atoms with Crippen molar-refractivity contribution < 1.29 is 0 Å². The van der Waals surface area contributed by atoms with Crippen LogP contribution in [0.25, 0.3) is 5.65 Å². The SMILES string of the molecule is CN(Cc1cc(=O)n2ccccc2n1)c1ccc(C(C)(C)C)cc1. The van der Waals surface area contributed by atoms with Crippen molar-refractivity contribution in [2.24, 2.45) is 0 Å². The average Bonchev–Trinajstić information content (AvgIpc) is 2.54. The second kappa shape index (κ2) is 6.11. The molecule has 0 atom stereocenters. The lowest BCUT2D eigenvalue weighted by molar-refractivity contribution is 0.590. The fourth-order valence-electron chi connectivity index (χ4n) is 2.73. The number of pyridine rings is 1. The zero-order valence-electron chi connectivity index (χ0n) is 14.7. The van der Waals surface area contributed by atoms with Crippen LogP contribution in [0.3, 0.4) is 0 Å². The quantitative estimate of drug-likeness (QED) is 0.739. The van der Waals surface area contributed by atoms with Gasteiger partial charge in [-0.1, -0.05) is 39.0 Å². The molecular weight excluding hydrogens is 298 g/mol. The standard InChI is InChI=1S/C20H23N3O/c1-20(2,3)15-8-10-17(11-9-15)22(4)14-16-13-19(24)23-12-6-5-7-18(23)21-16/h5-13H,14H2,1-4H3. The number of fused-ring (bicyclic) bond motifs is 1. The number of hydrogen-bond donors (Lipinski definition) is 0. The second-order valence-electron chi connectivity index (χ2n) is 7.17. The molecule has 0 aliphatic rings. The van der Waals surface area contributed by atoms with Gasteiger partial charge in [0.05, 0.1) is 12.2 Å². The molecule has 0 spiro atoms. The number of anilines is 1. The van der Waals surface area contributed by atoms with Crippen molar-refractivity contribution in [3.63, 3.8) is 0 Å². The van der Waals surface area contributed by atoms with Crippen LogP contribution < -0.4 is 10.5 Å². The summed E-state index contributed by atoms with van der Waals surface area (Å²) in [6.07, 6.45) is 1.74. The molecule has 3 aromatic rings. The maximum atomic E-state index is 12.2. The van der Waals surface area contributed by atoms with E-state index in [0.717, 1.165) is 11.4 Å². The lowest BCUT2D eigenvalue weighted by atomic mass is 9.87. The van der Waals surface area contributed by atoms with Gasteiger partial charge in [0, 0.05) is 25.0 Å². The van der Waals surface area contributed by atoms with Crippen molar-refractivity contribution in [2.75, 3.05) is 11.9 Å². The summed E-state index contributed by atoms with van der Waals surface area (Å²) in [4.78, 5) is 18.9. The van der Waals surface area contributed by atoms with Gasteiger partial charge in [-0.25, -0.2) is 4.98 Å². The Morgan fingerprint density at radius 3 is 2.46 bits per heavy atom. The van der Waals surface area contributed by atoms with Crippen molar-refractivity contribution in [2.45, 2.75) is 32.7 Å². The van der Waals surface area contributed by atoms with Crippen LogP contribution in [-0.4, -0.2) is 16.4 Å². The minimum Gasteiger partial charge on any atom is -0.369 e. The smallest absolute Gasteiger partial charge is 0.258 e. The highest BCUT2D eigenvalue weighted by Crippen LogP contribution is 2.24. The molecule has 0 aliphatic carbocycles. The van der Waals surface area contributed by atoms with Gasteiger partial charge in [-0.15, -0.1) is 0 Å². The van der Waals surface area contributed by atoms with E-state index in [1.54, 1.807) is 16.7 Å². The molecule has 0 amide bonds. The summed E-state index contributed by atoms with van der Waals surface area (Å²) in [6, 6.07) is 15.7. The van der Waals surface area contributed by atoms with Crippen molar-refractivity contribution in [1.82, 2.24) is 9.38 Å². The van der Waals surface area contributed by atoms with Gasteiger partial charge < -0.3 is 4.90 Å². The summed E-state index contributed by atoms with van der Waals surface area (Å²) in [5, 5.41) is 0. The first-order chi connectivity index (χ1) is 11.3. The zero-order valence-corrected chi connectivity index (χ0v) is 14.7. The molecule has 0 aliphatic heterocycles. The Labute approximate surface area is 142 Å². The van der Waals surface area contributed by atoms with Gasteiger partial charge in [0.1, 0.15) is 5.65 Å². The summed E-state index contributed by atoms with van der Waals surface area (Å²) in [5.41, 5.74) is 3.96. The summed E-state index contributed by atoms with van der Waals surface area (Å²) < 4.78 is 1.56. The number of benzene rings is 1. The Balaban J connectivity index is 1.84. The minimum atomic E-state index is -0.0490. The minimum absolute atomic E-state index is 0.0490. The predicted octanol–water partition coefficient (Wildman–Crippen LogP) is 3.63. The number of hydrogen-bond acceptors (Lipinski definition) is 3. The Morgan fingerprint density at radius 1 is 1.08 bits per heavy atom. The van der Waals surface area contributed by atoms with E-state index in [4.69, 9.17) is 0 Å². The largest absolute Gasteiger partial charge is 0.369 e. The lowest BCUT2D eigenvalue weighted by Gasteiger charge is -2.22. The molecule has 0 saturated heterocycles. The molecule has 1 aromatic carbocycles. The maximum Gasteiger partial charge on any atom is 0.258 e. The third-order valence-corrected chi connectivity index (χ3v) is 4.20. The average molecular weight is 321 g/mol. The lowest BCUT2D eigenvalue weighted by Crippen LogP contribution is -2.21. The molecule has 2 heterocycles. The van der Waals surface area contributed by atoms with E-state index in [1.807, 2.05) is 25.2 Å². The summed E-state index contributed by atoms with van der Waals surface area (Å²) in [5.74, 6) is 0. The highest BCUT2D eigenvalue weighted by Gasteiger charge is 2.13. The van der Waals surface area contributed by atoms with E-state index in [0.29, 0.717) is 12.2 Å². The molecule has 0 fully saturated rings. The molecule has 3 rings (SSSR count). The van der Waals surface area contributed by atoms with Crippen molar-refractivity contribution in [3.05, 3.63) is 76.3 Å². The van der Waals surface area contributed by atoms with Crippen LogP contribution in [0.4, 0.5) is 5.69 Å². The van der Waals surface area contributed by atoms with Gasteiger partial charge >= 0.3 is 0 Å². The first-order valence-electron chi connectivity index (χ1n) is 8.13. The molecule has 0 unspecified atom stereocenters. The molecular formula is C20H23N3O. The number of nitrogens with zero attached hydrogens (tertiary/aromatic N) is 3. The van der Waals surface area contributed by atoms with Gasteiger partial charge in [-0.05, 0) is 35.2 Å². The Kier molecular flexibility index (Phi) is 4.14. The van der Waals surface area contributed by atoms with E-state index in [-0.39, 0.29) is 11.0 Å². The molecule has 4 heteroatoms. The number of aromatic nitrogens is 2. The zero-order chi connectivity index (χ0) is 17.3. The summed E-state index contributed by atoms with van der Waals surface area (Å²) in [6.45, 7) is 7.21. The third-order valence-electron chi connectivity index (χ3n) is 4.20. The van der Waals surface area contributed by atoms with Crippen molar-refractivity contribution >= 4 is 11.3 Å². The monoisotopic (exact) mass is 321 g/mol. The van der Waals surface area contributed by atoms with Crippen LogP contribution in [-0.2, 0) is 12.0 Å². The van der Waals surface area contributed by atoms with Gasteiger partial charge in [0.2, 0.25) is 0 Å². The van der Waals surface area contributed by atoms with E-state index < -0.39 is 0 Å². The molecule has 24 heavy (non-hydrogen) atoms. The van der Waals surface area contributed by atoms with E-state index >= 15 is 0 Å². The first kappa shape index (κ1) is 16.2. The molecule has 0 radical (unpaired) electrons. The highest BCUT2D eigenvalue weighted by atomic mass is 16.1. The van der Waals surface area contributed by atoms with E-state index in [2.05, 4.69) is 54.9 Å². The topological polar surface area (TPSA) is 37.6 Å². The molecule has 124 valence electrons. The molecule has 2 aromatic heterocycles. The van der Waals surface area contributed by atoms with Crippen LogP contribution >= 0.6 is 0 Å². The number of rotatable bonds is 3. The molecule has 0 saturated carbocycles. The fraction of sp³-hybridized carbons (Fsp3) is 0.300. The van der Waals surface area contributed by atoms with E-state index in [9.17, 15) is 4.79 Å². The Morgan fingerprint density at radius 2 is 1.79 bits per heavy atom.